The van der Waals surface area contributed by atoms with Gasteiger partial charge < -0.3 is 4.74 Å². The third-order valence-electron chi connectivity index (χ3n) is 5.14. The molecule has 0 atom stereocenters. The van der Waals surface area contributed by atoms with Gasteiger partial charge in [0.1, 0.15) is 11.5 Å². The molecule has 0 aliphatic carbocycles. The SMILES string of the molecule is CS(=O)(=O)N1CCC(C(=O)NO)(S(=O)(=O)c2ccc(Oc3ccccc3)cc2)CC1.Cl. The van der Waals surface area contributed by atoms with Crippen molar-refractivity contribution in [2.24, 2.45) is 0 Å². The van der Waals surface area contributed by atoms with Crippen molar-refractivity contribution in [3.63, 3.8) is 0 Å². The molecule has 0 saturated carbocycles. The Labute approximate surface area is 187 Å². The highest BCUT2D eigenvalue weighted by Gasteiger charge is 2.53. The van der Waals surface area contributed by atoms with Crippen LogP contribution in [-0.2, 0) is 24.7 Å². The summed E-state index contributed by atoms with van der Waals surface area (Å²) in [6.45, 7) is -0.304. The highest BCUT2D eigenvalue weighted by atomic mass is 35.5. The van der Waals surface area contributed by atoms with Crippen molar-refractivity contribution in [3.8, 4) is 11.5 Å². The molecule has 2 aromatic rings. The van der Waals surface area contributed by atoms with Gasteiger partial charge in [0.05, 0.1) is 11.2 Å². The van der Waals surface area contributed by atoms with Crippen molar-refractivity contribution in [2.75, 3.05) is 19.3 Å². The minimum atomic E-state index is -4.24. The van der Waals surface area contributed by atoms with E-state index in [-0.39, 0.29) is 43.2 Å². The zero-order valence-electron chi connectivity index (χ0n) is 16.6. The first-order valence-electron chi connectivity index (χ1n) is 9.07. The molecular formula is C19H23ClN2O7S2. The number of sulfonamides is 1. The van der Waals surface area contributed by atoms with Crippen LogP contribution in [0.1, 0.15) is 12.8 Å². The maximum absolute atomic E-state index is 13.4. The van der Waals surface area contributed by atoms with Crippen LogP contribution in [-0.4, -0.2) is 56.3 Å². The Kier molecular flexibility index (Phi) is 7.71. The first-order chi connectivity index (χ1) is 14.1. The second kappa shape index (κ2) is 9.53. The maximum Gasteiger partial charge on any atom is 0.265 e. The lowest BCUT2D eigenvalue weighted by molar-refractivity contribution is -0.133. The molecule has 0 aromatic heterocycles. The third kappa shape index (κ3) is 5.01. The number of benzene rings is 2. The topological polar surface area (TPSA) is 130 Å². The van der Waals surface area contributed by atoms with Crippen molar-refractivity contribution in [3.05, 3.63) is 54.6 Å². The summed E-state index contributed by atoms with van der Waals surface area (Å²) in [5.41, 5.74) is 1.44. The van der Waals surface area contributed by atoms with Gasteiger partial charge in [0.2, 0.25) is 10.0 Å². The van der Waals surface area contributed by atoms with Gasteiger partial charge in [0.15, 0.2) is 14.6 Å². The molecule has 1 amide bonds. The Hall–Kier alpha value is -2.18. The molecule has 1 aliphatic heterocycles. The Morgan fingerprint density at radius 1 is 0.968 bits per heavy atom. The van der Waals surface area contributed by atoms with Gasteiger partial charge in [-0.2, -0.15) is 0 Å². The van der Waals surface area contributed by atoms with Crippen LogP contribution >= 0.6 is 12.4 Å². The second-order valence-electron chi connectivity index (χ2n) is 6.99. The van der Waals surface area contributed by atoms with Gasteiger partial charge in [-0.05, 0) is 49.2 Å². The fraction of sp³-hybridized carbons (Fsp3) is 0.316. The van der Waals surface area contributed by atoms with E-state index in [1.165, 1.54) is 29.7 Å². The number of para-hydroxylation sites is 1. The average molecular weight is 491 g/mol. The zero-order chi connectivity index (χ0) is 22.0. The molecule has 0 unspecified atom stereocenters. The van der Waals surface area contributed by atoms with Crippen LogP contribution in [0.5, 0.6) is 11.5 Å². The van der Waals surface area contributed by atoms with Crippen LogP contribution in [0, 0.1) is 0 Å². The summed E-state index contributed by atoms with van der Waals surface area (Å²) >= 11 is 0. The first-order valence-corrected chi connectivity index (χ1v) is 12.4. The predicted octanol–water partition coefficient (Wildman–Crippen LogP) is 1.97. The number of hydrogen-bond acceptors (Lipinski definition) is 7. The standard InChI is InChI=1S/C19H22N2O7S2.ClH/c1-29(24,25)21-13-11-19(12-14-21,18(22)20-23)30(26,27)17-9-7-16(8-10-17)28-15-5-3-2-4-6-15;/h2-10,23H,11-14H2,1H3,(H,20,22);1H. The molecule has 0 bridgehead atoms. The fourth-order valence-electron chi connectivity index (χ4n) is 3.44. The van der Waals surface area contributed by atoms with Gasteiger partial charge in [0, 0.05) is 13.1 Å². The van der Waals surface area contributed by atoms with E-state index in [2.05, 4.69) is 0 Å². The average Bonchev–Trinajstić information content (AvgIpc) is 2.73. The predicted molar refractivity (Wildman–Crippen MR) is 116 cm³/mol. The van der Waals surface area contributed by atoms with E-state index in [1.54, 1.807) is 24.3 Å². The monoisotopic (exact) mass is 490 g/mol. The van der Waals surface area contributed by atoms with Gasteiger partial charge in [-0.3, -0.25) is 10.0 Å². The number of sulfone groups is 1. The van der Waals surface area contributed by atoms with E-state index in [0.717, 1.165) is 10.6 Å². The van der Waals surface area contributed by atoms with Crippen molar-refractivity contribution in [1.82, 2.24) is 9.79 Å². The lowest BCUT2D eigenvalue weighted by Gasteiger charge is -2.38. The maximum atomic E-state index is 13.4. The van der Waals surface area contributed by atoms with Crippen LogP contribution in [0.3, 0.4) is 0 Å². The third-order valence-corrected chi connectivity index (χ3v) is 8.96. The van der Waals surface area contributed by atoms with Crippen LogP contribution < -0.4 is 10.2 Å². The van der Waals surface area contributed by atoms with Crippen LogP contribution in [0.25, 0.3) is 0 Å². The van der Waals surface area contributed by atoms with Crippen molar-refractivity contribution in [1.29, 1.82) is 0 Å². The number of ether oxygens (including phenoxy) is 1. The summed E-state index contributed by atoms with van der Waals surface area (Å²) in [4.78, 5) is 12.3. The van der Waals surface area contributed by atoms with Gasteiger partial charge >= 0.3 is 0 Å². The van der Waals surface area contributed by atoms with E-state index in [0.29, 0.717) is 11.5 Å². The molecule has 31 heavy (non-hydrogen) atoms. The molecule has 1 heterocycles. The highest BCUT2D eigenvalue weighted by molar-refractivity contribution is 7.93. The lowest BCUT2D eigenvalue weighted by atomic mass is 9.96. The van der Waals surface area contributed by atoms with Gasteiger partial charge in [-0.15, -0.1) is 12.4 Å². The van der Waals surface area contributed by atoms with E-state index in [4.69, 9.17) is 4.74 Å². The summed E-state index contributed by atoms with van der Waals surface area (Å²) in [5.74, 6) is -0.0923. The van der Waals surface area contributed by atoms with E-state index in [1.807, 2.05) is 6.07 Å². The van der Waals surface area contributed by atoms with Gasteiger partial charge in [-0.25, -0.2) is 26.6 Å². The molecule has 1 aliphatic rings. The summed E-state index contributed by atoms with van der Waals surface area (Å²) in [7, 11) is -7.77. The number of carbonyl (C=O) groups is 1. The van der Waals surface area contributed by atoms with Crippen molar-refractivity contribution in [2.45, 2.75) is 22.5 Å². The largest absolute Gasteiger partial charge is 0.457 e. The quantitative estimate of drug-likeness (QED) is 0.467. The molecule has 12 heteroatoms. The van der Waals surface area contributed by atoms with Crippen LogP contribution in [0.4, 0.5) is 0 Å². The molecule has 9 nitrogen and oxygen atoms in total. The summed E-state index contributed by atoms with van der Waals surface area (Å²) in [6.07, 6.45) is 0.459. The number of hydrogen-bond donors (Lipinski definition) is 2. The number of rotatable bonds is 6. The van der Waals surface area contributed by atoms with E-state index < -0.39 is 30.5 Å². The Morgan fingerprint density at radius 3 is 1.97 bits per heavy atom. The molecule has 170 valence electrons. The number of halogens is 1. The summed E-state index contributed by atoms with van der Waals surface area (Å²) in [6, 6.07) is 14.5. The molecule has 1 saturated heterocycles. The van der Waals surface area contributed by atoms with E-state index >= 15 is 0 Å². The molecule has 2 N–H and O–H groups in total. The number of nitrogens with zero attached hydrogens (tertiary/aromatic N) is 1. The number of amides is 1. The smallest absolute Gasteiger partial charge is 0.265 e. The van der Waals surface area contributed by atoms with Crippen molar-refractivity contribution >= 4 is 38.2 Å². The van der Waals surface area contributed by atoms with Crippen LogP contribution in [0.15, 0.2) is 59.5 Å². The zero-order valence-corrected chi connectivity index (χ0v) is 19.0. The molecular weight excluding hydrogens is 468 g/mol. The highest BCUT2D eigenvalue weighted by Crippen LogP contribution is 2.37. The Balaban J connectivity index is 0.00000341. The first kappa shape index (κ1) is 25.1. The van der Waals surface area contributed by atoms with Crippen LogP contribution in [0.2, 0.25) is 0 Å². The number of nitrogens with one attached hydrogen (secondary N) is 1. The fourth-order valence-corrected chi connectivity index (χ4v) is 6.24. The molecule has 1 fully saturated rings. The number of hydroxylamine groups is 1. The summed E-state index contributed by atoms with van der Waals surface area (Å²) in [5, 5.41) is 9.18. The normalized spacial score (nSPS) is 16.7. The molecule has 2 aromatic carbocycles. The van der Waals surface area contributed by atoms with Gasteiger partial charge in [-0.1, -0.05) is 18.2 Å². The second-order valence-corrected chi connectivity index (χ2v) is 11.2. The van der Waals surface area contributed by atoms with Crippen molar-refractivity contribution < 1.29 is 31.6 Å². The van der Waals surface area contributed by atoms with Gasteiger partial charge in [0.25, 0.3) is 5.91 Å². The minimum Gasteiger partial charge on any atom is -0.457 e. The molecule has 0 spiro atoms. The Bertz CT molecular complexity index is 1110. The number of carbonyl (C=O) groups excluding carboxylic acids is 1. The molecule has 3 rings (SSSR count). The molecule has 0 radical (unpaired) electrons. The lowest BCUT2D eigenvalue weighted by Crippen LogP contribution is -2.58. The summed E-state index contributed by atoms with van der Waals surface area (Å²) < 4.78 is 55.0. The minimum absolute atomic E-state index is 0. The van der Waals surface area contributed by atoms with E-state index in [9.17, 15) is 26.8 Å². The number of piperidine rings is 1. The Morgan fingerprint density at radius 2 is 1.48 bits per heavy atom.